The Hall–Kier alpha value is -1.52. The first-order valence-electron chi connectivity index (χ1n) is 6.50. The largest absolute Gasteiger partial charge is 0.477 e. The van der Waals surface area contributed by atoms with Gasteiger partial charge in [-0.1, -0.05) is 13.3 Å². The molecule has 0 amide bonds. The van der Waals surface area contributed by atoms with Crippen molar-refractivity contribution in [2.24, 2.45) is 12.5 Å². The molecule has 2 N–H and O–H groups in total. The van der Waals surface area contributed by atoms with Crippen LogP contribution in [0.2, 0.25) is 0 Å². The first-order chi connectivity index (χ1) is 8.49. The van der Waals surface area contributed by atoms with Crippen molar-refractivity contribution >= 4 is 11.8 Å². The van der Waals surface area contributed by atoms with Gasteiger partial charge in [-0.3, -0.25) is 4.68 Å². The molecule has 0 unspecified atom stereocenters. The summed E-state index contributed by atoms with van der Waals surface area (Å²) in [5, 5.41) is 16.7. The van der Waals surface area contributed by atoms with Crippen LogP contribution in [-0.2, 0) is 7.05 Å². The van der Waals surface area contributed by atoms with Gasteiger partial charge in [0, 0.05) is 13.6 Å². The lowest BCUT2D eigenvalue weighted by atomic mass is 9.67. The predicted octanol–water partition coefficient (Wildman–Crippen LogP) is 2.42. The van der Waals surface area contributed by atoms with Crippen molar-refractivity contribution in [3.05, 3.63) is 11.3 Å². The highest BCUT2D eigenvalue weighted by Gasteiger charge is 2.35. The van der Waals surface area contributed by atoms with Crippen LogP contribution in [-0.4, -0.2) is 27.4 Å². The van der Waals surface area contributed by atoms with Gasteiger partial charge in [0.25, 0.3) is 0 Å². The molecule has 5 heteroatoms. The molecular weight excluding hydrogens is 230 g/mol. The summed E-state index contributed by atoms with van der Waals surface area (Å²) in [6.07, 6.45) is 4.89. The molecule has 0 saturated heterocycles. The summed E-state index contributed by atoms with van der Waals surface area (Å²) in [5.41, 5.74) is 1.21. The van der Waals surface area contributed by atoms with Gasteiger partial charge in [0.2, 0.25) is 0 Å². The third kappa shape index (κ3) is 2.09. The fourth-order valence-electron chi connectivity index (χ4n) is 2.72. The van der Waals surface area contributed by atoms with E-state index >= 15 is 0 Å². The summed E-state index contributed by atoms with van der Waals surface area (Å²) < 4.78 is 1.63. The van der Waals surface area contributed by atoms with Crippen molar-refractivity contribution in [1.82, 2.24) is 9.78 Å². The van der Waals surface area contributed by atoms with Gasteiger partial charge in [-0.15, -0.1) is 0 Å². The number of aromatic nitrogens is 2. The maximum absolute atomic E-state index is 11.2. The molecule has 5 nitrogen and oxygen atoms in total. The highest BCUT2D eigenvalue weighted by molar-refractivity contribution is 5.94. The van der Waals surface area contributed by atoms with Crippen LogP contribution < -0.4 is 5.32 Å². The summed E-state index contributed by atoms with van der Waals surface area (Å²) in [4.78, 5) is 11.2. The van der Waals surface area contributed by atoms with Gasteiger partial charge in [-0.05, 0) is 31.6 Å². The van der Waals surface area contributed by atoms with Crippen molar-refractivity contribution in [2.45, 2.75) is 39.5 Å². The van der Waals surface area contributed by atoms with E-state index in [1.54, 1.807) is 18.7 Å². The monoisotopic (exact) mass is 251 g/mol. The Morgan fingerprint density at radius 3 is 2.67 bits per heavy atom. The van der Waals surface area contributed by atoms with Gasteiger partial charge in [0.15, 0.2) is 0 Å². The van der Waals surface area contributed by atoms with Gasteiger partial charge < -0.3 is 10.4 Å². The number of nitrogens with one attached hydrogen (secondary N) is 1. The highest BCUT2D eigenvalue weighted by Crippen LogP contribution is 2.43. The maximum Gasteiger partial charge on any atom is 0.341 e. The predicted molar refractivity (Wildman–Crippen MR) is 70.0 cm³/mol. The molecule has 1 aromatic heterocycles. The van der Waals surface area contributed by atoms with Crippen molar-refractivity contribution in [1.29, 1.82) is 0 Å². The van der Waals surface area contributed by atoms with Crippen LogP contribution in [0.3, 0.4) is 0 Å². The van der Waals surface area contributed by atoms with Gasteiger partial charge in [-0.25, -0.2) is 4.79 Å². The summed E-state index contributed by atoms with van der Waals surface area (Å²) in [6.45, 7) is 4.77. The molecule has 1 aromatic rings. The minimum atomic E-state index is -0.915. The Balaban J connectivity index is 2.16. The normalized spacial score (nSPS) is 17.3. The van der Waals surface area contributed by atoms with Crippen molar-refractivity contribution in [3.63, 3.8) is 0 Å². The topological polar surface area (TPSA) is 67.2 Å². The second-order valence-corrected chi connectivity index (χ2v) is 5.30. The number of anilines is 1. The van der Waals surface area contributed by atoms with Crippen molar-refractivity contribution in [2.75, 3.05) is 11.9 Å². The fourth-order valence-corrected chi connectivity index (χ4v) is 2.72. The zero-order valence-electron chi connectivity index (χ0n) is 11.3. The molecular formula is C13H21N3O2. The highest BCUT2D eigenvalue weighted by atomic mass is 16.4. The summed E-state index contributed by atoms with van der Waals surface area (Å²) in [7, 11) is 1.78. The van der Waals surface area contributed by atoms with E-state index in [0.717, 1.165) is 13.0 Å². The molecule has 1 heterocycles. The summed E-state index contributed by atoms with van der Waals surface area (Å²) in [5.74, 6) is -0.290. The first-order valence-corrected chi connectivity index (χ1v) is 6.50. The molecule has 100 valence electrons. The average Bonchev–Trinajstić information content (AvgIpc) is 2.52. The van der Waals surface area contributed by atoms with Crippen LogP contribution in [0.15, 0.2) is 0 Å². The molecule has 1 fully saturated rings. The van der Waals surface area contributed by atoms with Crippen LogP contribution in [0.1, 0.15) is 48.7 Å². The number of nitrogens with zero attached hydrogens (tertiary/aromatic N) is 2. The first kappa shape index (κ1) is 12.9. The molecule has 0 spiro atoms. The summed E-state index contributed by atoms with van der Waals surface area (Å²) >= 11 is 0. The van der Waals surface area contributed by atoms with Crippen molar-refractivity contribution in [3.8, 4) is 0 Å². The van der Waals surface area contributed by atoms with Gasteiger partial charge in [0.05, 0.1) is 5.69 Å². The molecule has 0 bridgehead atoms. The smallest absolute Gasteiger partial charge is 0.341 e. The third-order valence-electron chi connectivity index (χ3n) is 4.23. The quantitative estimate of drug-likeness (QED) is 0.843. The fraction of sp³-hybridized carbons (Fsp3) is 0.692. The van der Waals surface area contributed by atoms with Crippen LogP contribution in [0.25, 0.3) is 0 Å². The molecule has 0 aliphatic heterocycles. The molecule has 0 radical (unpaired) electrons. The zero-order chi connectivity index (χ0) is 13.3. The molecule has 0 atom stereocenters. The Bertz CT molecular complexity index is 456. The van der Waals surface area contributed by atoms with Crippen molar-refractivity contribution < 1.29 is 9.90 Å². The standard InChI is InChI=1S/C13H21N3O2/c1-4-13(6-5-7-13)8-14-11-10(12(17)18)9(2)15-16(11)3/h14H,4-8H2,1-3H3,(H,17,18). The van der Waals surface area contributed by atoms with E-state index in [1.807, 2.05) is 0 Å². The Labute approximate surface area is 107 Å². The molecule has 1 aliphatic carbocycles. The van der Waals surface area contributed by atoms with Crippen LogP contribution in [0, 0.1) is 12.3 Å². The second kappa shape index (κ2) is 4.63. The van der Waals surface area contributed by atoms with E-state index < -0.39 is 5.97 Å². The number of carboxylic acids is 1. The molecule has 2 rings (SSSR count). The Morgan fingerprint density at radius 2 is 2.22 bits per heavy atom. The number of hydrogen-bond acceptors (Lipinski definition) is 3. The Kier molecular flexibility index (Phi) is 3.32. The average molecular weight is 251 g/mol. The van der Waals surface area contributed by atoms with E-state index in [9.17, 15) is 9.90 Å². The SMILES string of the molecule is CCC1(CNc2c(C(=O)O)c(C)nn2C)CCC1. The summed E-state index contributed by atoms with van der Waals surface area (Å²) in [6, 6.07) is 0. The number of hydrogen-bond donors (Lipinski definition) is 2. The molecule has 1 saturated carbocycles. The van der Waals surface area contributed by atoms with Gasteiger partial charge >= 0.3 is 5.97 Å². The van der Waals surface area contributed by atoms with Crippen LogP contribution in [0.5, 0.6) is 0 Å². The van der Waals surface area contributed by atoms with E-state index in [2.05, 4.69) is 17.3 Å². The van der Waals surface area contributed by atoms with E-state index in [4.69, 9.17) is 0 Å². The number of carbonyl (C=O) groups is 1. The lowest BCUT2D eigenvalue weighted by molar-refractivity contribution is 0.0697. The minimum Gasteiger partial charge on any atom is -0.477 e. The lowest BCUT2D eigenvalue weighted by Crippen LogP contribution is -2.36. The maximum atomic E-state index is 11.2. The third-order valence-corrected chi connectivity index (χ3v) is 4.23. The number of carboxylic acid groups (broad SMARTS) is 1. The van der Waals surface area contributed by atoms with E-state index in [0.29, 0.717) is 22.5 Å². The zero-order valence-corrected chi connectivity index (χ0v) is 11.3. The van der Waals surface area contributed by atoms with Gasteiger partial charge in [0.1, 0.15) is 11.4 Å². The van der Waals surface area contributed by atoms with E-state index in [1.165, 1.54) is 19.3 Å². The van der Waals surface area contributed by atoms with Gasteiger partial charge in [-0.2, -0.15) is 5.10 Å². The molecule has 1 aliphatic rings. The lowest BCUT2D eigenvalue weighted by Gasteiger charge is -2.41. The van der Waals surface area contributed by atoms with E-state index in [-0.39, 0.29) is 0 Å². The molecule has 18 heavy (non-hydrogen) atoms. The minimum absolute atomic E-state index is 0.295. The number of aromatic carboxylic acids is 1. The van der Waals surface area contributed by atoms with Crippen LogP contribution in [0.4, 0.5) is 5.82 Å². The van der Waals surface area contributed by atoms with Crippen LogP contribution >= 0.6 is 0 Å². The number of aryl methyl sites for hydroxylation is 2. The second-order valence-electron chi connectivity index (χ2n) is 5.30. The number of rotatable bonds is 5. The Morgan fingerprint density at radius 1 is 1.56 bits per heavy atom. The molecule has 0 aromatic carbocycles.